The molecule has 0 saturated heterocycles. The molecule has 0 aliphatic heterocycles. The Bertz CT molecular complexity index is 676. The van der Waals surface area contributed by atoms with Crippen molar-refractivity contribution >= 4 is 27.5 Å². The second-order valence-corrected chi connectivity index (χ2v) is 5.00. The molecule has 4 nitrogen and oxygen atoms in total. The van der Waals surface area contributed by atoms with Crippen LogP contribution in [0.2, 0.25) is 0 Å². The van der Waals surface area contributed by atoms with Crippen molar-refractivity contribution in [1.29, 1.82) is 0 Å². The quantitative estimate of drug-likeness (QED) is 0.907. The first-order valence-electron chi connectivity index (χ1n) is 6.03. The molecule has 2 aromatic carbocycles. The third kappa shape index (κ3) is 3.52. The second-order valence-electron chi connectivity index (χ2n) is 4.15. The summed E-state index contributed by atoms with van der Waals surface area (Å²) in [4.78, 5) is 12.1. The Morgan fingerprint density at radius 3 is 2.52 bits per heavy atom. The number of carbonyl (C=O) groups is 1. The van der Waals surface area contributed by atoms with Gasteiger partial charge in [-0.25, -0.2) is 4.39 Å². The number of hydrogen-bond acceptors (Lipinski definition) is 3. The minimum atomic E-state index is -0.496. The third-order valence-corrected chi connectivity index (χ3v) is 3.48. The summed E-state index contributed by atoms with van der Waals surface area (Å²) in [5.74, 6) is 0.147. The fraction of sp³-hybridized carbons (Fsp3) is 0.133. The molecule has 0 fully saturated rings. The zero-order valence-corrected chi connectivity index (χ0v) is 13.0. The Morgan fingerprint density at radius 1 is 1.14 bits per heavy atom. The topological polar surface area (TPSA) is 47.6 Å². The molecule has 0 aliphatic rings. The average Bonchev–Trinajstić information content (AvgIpc) is 2.50. The monoisotopic (exact) mass is 353 g/mol. The standard InChI is InChI=1S/C15H13BrFNO3/c1-20-10-4-6-13(14(8-10)21-2)18-15(19)9-3-5-11(16)12(17)7-9/h3-8H,1-2H3,(H,18,19). The van der Waals surface area contributed by atoms with E-state index in [0.717, 1.165) is 6.07 Å². The van der Waals surface area contributed by atoms with Crippen molar-refractivity contribution in [3.8, 4) is 11.5 Å². The summed E-state index contributed by atoms with van der Waals surface area (Å²) in [6.45, 7) is 0. The lowest BCUT2D eigenvalue weighted by atomic mass is 10.2. The summed E-state index contributed by atoms with van der Waals surface area (Å²) in [5.41, 5.74) is 0.695. The second kappa shape index (κ2) is 6.58. The number of amides is 1. The van der Waals surface area contributed by atoms with Crippen molar-refractivity contribution in [2.45, 2.75) is 0 Å². The number of nitrogens with one attached hydrogen (secondary N) is 1. The maximum Gasteiger partial charge on any atom is 0.255 e. The highest BCUT2D eigenvalue weighted by Crippen LogP contribution is 2.29. The Labute approximate surface area is 130 Å². The van der Waals surface area contributed by atoms with E-state index in [1.54, 1.807) is 18.2 Å². The van der Waals surface area contributed by atoms with Crippen molar-refractivity contribution in [1.82, 2.24) is 0 Å². The largest absolute Gasteiger partial charge is 0.497 e. The number of hydrogen-bond donors (Lipinski definition) is 1. The molecule has 1 N–H and O–H groups in total. The molecule has 0 heterocycles. The van der Waals surface area contributed by atoms with E-state index in [2.05, 4.69) is 21.2 Å². The Balaban J connectivity index is 2.24. The van der Waals surface area contributed by atoms with Crippen molar-refractivity contribution < 1.29 is 18.7 Å². The van der Waals surface area contributed by atoms with Gasteiger partial charge in [-0.1, -0.05) is 0 Å². The van der Waals surface area contributed by atoms with Gasteiger partial charge >= 0.3 is 0 Å². The minimum Gasteiger partial charge on any atom is -0.497 e. The van der Waals surface area contributed by atoms with Gasteiger partial charge in [0.2, 0.25) is 0 Å². The van der Waals surface area contributed by atoms with Gasteiger partial charge in [-0.05, 0) is 46.3 Å². The molecule has 0 atom stereocenters. The molecule has 21 heavy (non-hydrogen) atoms. The van der Waals surface area contributed by atoms with E-state index in [-0.39, 0.29) is 5.56 Å². The van der Waals surface area contributed by atoms with Crippen LogP contribution in [0.15, 0.2) is 40.9 Å². The lowest BCUT2D eigenvalue weighted by Crippen LogP contribution is -2.13. The summed E-state index contributed by atoms with van der Waals surface area (Å²) in [6.07, 6.45) is 0. The molecule has 6 heteroatoms. The molecule has 0 unspecified atom stereocenters. The van der Waals surface area contributed by atoms with Crippen LogP contribution in [0.3, 0.4) is 0 Å². The van der Waals surface area contributed by atoms with Gasteiger partial charge in [0.05, 0.1) is 24.4 Å². The van der Waals surface area contributed by atoms with Gasteiger partial charge in [-0.15, -0.1) is 0 Å². The highest BCUT2D eigenvalue weighted by molar-refractivity contribution is 9.10. The number of rotatable bonds is 4. The van der Waals surface area contributed by atoms with Gasteiger partial charge in [0.15, 0.2) is 0 Å². The van der Waals surface area contributed by atoms with E-state index < -0.39 is 11.7 Å². The fourth-order valence-electron chi connectivity index (χ4n) is 1.73. The summed E-state index contributed by atoms with van der Waals surface area (Å²) < 4.78 is 24.0. The van der Waals surface area contributed by atoms with Crippen LogP contribution in [0.4, 0.5) is 10.1 Å². The summed E-state index contributed by atoms with van der Waals surface area (Å²) >= 11 is 3.04. The lowest BCUT2D eigenvalue weighted by molar-refractivity contribution is 0.102. The molecular weight excluding hydrogens is 341 g/mol. The fourth-order valence-corrected chi connectivity index (χ4v) is 1.98. The van der Waals surface area contributed by atoms with E-state index >= 15 is 0 Å². The van der Waals surface area contributed by atoms with Gasteiger partial charge in [0, 0.05) is 11.6 Å². The predicted octanol–water partition coefficient (Wildman–Crippen LogP) is 3.86. The Kier molecular flexibility index (Phi) is 4.80. The van der Waals surface area contributed by atoms with E-state index in [9.17, 15) is 9.18 Å². The van der Waals surface area contributed by atoms with Gasteiger partial charge in [0.25, 0.3) is 5.91 Å². The van der Waals surface area contributed by atoms with E-state index in [1.165, 1.54) is 26.4 Å². The van der Waals surface area contributed by atoms with Crippen LogP contribution < -0.4 is 14.8 Å². The molecule has 1 amide bonds. The van der Waals surface area contributed by atoms with E-state index in [0.29, 0.717) is 21.7 Å². The molecule has 110 valence electrons. The van der Waals surface area contributed by atoms with Crippen LogP contribution in [0.25, 0.3) is 0 Å². The molecule has 0 aliphatic carbocycles. The van der Waals surface area contributed by atoms with Gasteiger partial charge < -0.3 is 14.8 Å². The average molecular weight is 354 g/mol. The Hall–Kier alpha value is -2.08. The first-order chi connectivity index (χ1) is 10.0. The van der Waals surface area contributed by atoms with Crippen LogP contribution in [0.1, 0.15) is 10.4 Å². The zero-order chi connectivity index (χ0) is 15.4. The maximum absolute atomic E-state index is 13.5. The maximum atomic E-state index is 13.5. The van der Waals surface area contributed by atoms with E-state index in [1.807, 2.05) is 0 Å². The van der Waals surface area contributed by atoms with Crippen molar-refractivity contribution in [3.63, 3.8) is 0 Å². The highest BCUT2D eigenvalue weighted by atomic mass is 79.9. The van der Waals surface area contributed by atoms with Gasteiger partial charge in [0.1, 0.15) is 17.3 Å². The molecule has 0 saturated carbocycles. The van der Waals surface area contributed by atoms with Crippen LogP contribution in [-0.4, -0.2) is 20.1 Å². The van der Waals surface area contributed by atoms with Crippen molar-refractivity contribution in [3.05, 3.63) is 52.3 Å². The number of ether oxygens (including phenoxy) is 2. The molecule has 0 radical (unpaired) electrons. The number of carbonyl (C=O) groups excluding carboxylic acids is 1. The van der Waals surface area contributed by atoms with Crippen LogP contribution in [-0.2, 0) is 0 Å². The number of halogens is 2. The smallest absolute Gasteiger partial charge is 0.255 e. The van der Waals surface area contributed by atoms with Gasteiger partial charge in [-0.3, -0.25) is 4.79 Å². The number of anilines is 1. The first kappa shape index (κ1) is 15.3. The normalized spacial score (nSPS) is 10.1. The SMILES string of the molecule is COc1ccc(NC(=O)c2ccc(Br)c(F)c2)c(OC)c1. The van der Waals surface area contributed by atoms with Gasteiger partial charge in [-0.2, -0.15) is 0 Å². The minimum absolute atomic E-state index is 0.216. The third-order valence-electron chi connectivity index (χ3n) is 2.84. The summed E-state index contributed by atoms with van der Waals surface area (Å²) in [7, 11) is 3.03. The molecular formula is C15H13BrFNO3. The first-order valence-corrected chi connectivity index (χ1v) is 6.83. The van der Waals surface area contributed by atoms with Crippen molar-refractivity contribution in [2.24, 2.45) is 0 Å². The zero-order valence-electron chi connectivity index (χ0n) is 11.4. The van der Waals surface area contributed by atoms with E-state index in [4.69, 9.17) is 9.47 Å². The number of benzene rings is 2. The molecule has 0 aromatic heterocycles. The summed E-state index contributed by atoms with van der Waals surface area (Å²) in [6, 6.07) is 9.17. The van der Waals surface area contributed by atoms with Crippen LogP contribution in [0.5, 0.6) is 11.5 Å². The Morgan fingerprint density at radius 2 is 1.90 bits per heavy atom. The van der Waals surface area contributed by atoms with Crippen LogP contribution >= 0.6 is 15.9 Å². The molecule has 2 aromatic rings. The predicted molar refractivity (Wildman–Crippen MR) is 81.6 cm³/mol. The van der Waals surface area contributed by atoms with Crippen molar-refractivity contribution in [2.75, 3.05) is 19.5 Å². The molecule has 0 bridgehead atoms. The summed E-state index contributed by atoms with van der Waals surface area (Å²) in [5, 5.41) is 2.67. The van der Waals surface area contributed by atoms with Crippen LogP contribution in [0, 0.1) is 5.82 Å². The number of methoxy groups -OCH3 is 2. The molecule has 2 rings (SSSR count). The molecule has 0 spiro atoms. The highest BCUT2D eigenvalue weighted by Gasteiger charge is 2.12. The lowest BCUT2D eigenvalue weighted by Gasteiger charge is -2.11.